The molecular formula is C16H15F2N5O2. The first kappa shape index (κ1) is 15.7. The lowest BCUT2D eigenvalue weighted by atomic mass is 10.2. The number of nitrogens with zero attached hydrogens (tertiary/aromatic N) is 3. The van der Waals surface area contributed by atoms with Gasteiger partial charge in [-0.15, -0.1) is 0 Å². The van der Waals surface area contributed by atoms with Crippen molar-refractivity contribution in [1.82, 2.24) is 19.7 Å². The van der Waals surface area contributed by atoms with Crippen LogP contribution in [0.3, 0.4) is 0 Å². The first-order valence-corrected chi connectivity index (χ1v) is 7.85. The molecule has 1 aromatic carbocycles. The van der Waals surface area contributed by atoms with Crippen molar-refractivity contribution in [2.24, 2.45) is 0 Å². The van der Waals surface area contributed by atoms with Crippen LogP contribution in [-0.2, 0) is 17.8 Å². The molecule has 0 aliphatic carbocycles. The van der Waals surface area contributed by atoms with Crippen molar-refractivity contribution >= 4 is 17.0 Å². The summed E-state index contributed by atoms with van der Waals surface area (Å²) < 4.78 is 33.1. The van der Waals surface area contributed by atoms with E-state index in [-0.39, 0.29) is 24.2 Å². The Morgan fingerprint density at radius 3 is 2.92 bits per heavy atom. The normalized spacial score (nSPS) is 16.8. The average Bonchev–Trinajstić information content (AvgIpc) is 2.95. The lowest BCUT2D eigenvalue weighted by Gasteiger charge is -2.26. The van der Waals surface area contributed by atoms with Crippen molar-refractivity contribution in [2.45, 2.75) is 25.6 Å². The number of nitrogens with one attached hydrogen (secondary N) is 2. The molecule has 0 spiro atoms. The average molecular weight is 347 g/mol. The van der Waals surface area contributed by atoms with E-state index in [0.717, 1.165) is 25.2 Å². The van der Waals surface area contributed by atoms with Gasteiger partial charge in [-0.3, -0.25) is 14.5 Å². The third kappa shape index (κ3) is 3.10. The first-order chi connectivity index (χ1) is 12.1. The molecule has 2 aromatic heterocycles. The van der Waals surface area contributed by atoms with Gasteiger partial charge in [0.25, 0.3) is 5.56 Å². The molecule has 1 aliphatic heterocycles. The molecule has 3 heterocycles. The van der Waals surface area contributed by atoms with Crippen LogP contribution in [0.1, 0.15) is 12.0 Å². The van der Waals surface area contributed by atoms with Gasteiger partial charge in [0.05, 0.1) is 18.8 Å². The predicted molar refractivity (Wildman–Crippen MR) is 86.2 cm³/mol. The Balaban J connectivity index is 1.54. The Morgan fingerprint density at radius 1 is 1.36 bits per heavy atom. The molecule has 1 atom stereocenters. The highest BCUT2D eigenvalue weighted by atomic mass is 19.2. The maximum absolute atomic E-state index is 13.2. The fraction of sp³-hybridized carbons (Fsp3) is 0.312. The summed E-state index contributed by atoms with van der Waals surface area (Å²) in [5, 5.41) is 7.09. The zero-order valence-corrected chi connectivity index (χ0v) is 13.1. The first-order valence-electron chi connectivity index (χ1n) is 7.85. The number of ether oxygens (including phenoxy) is 1. The van der Waals surface area contributed by atoms with Gasteiger partial charge in [-0.1, -0.05) is 6.07 Å². The minimum Gasteiger partial charge on any atom is -0.376 e. The molecule has 0 amide bonds. The number of hydrogen-bond donors (Lipinski definition) is 2. The Labute approximate surface area is 140 Å². The molecule has 130 valence electrons. The fourth-order valence-corrected chi connectivity index (χ4v) is 2.68. The van der Waals surface area contributed by atoms with Crippen LogP contribution in [0.25, 0.3) is 11.0 Å². The van der Waals surface area contributed by atoms with Crippen LogP contribution in [-0.4, -0.2) is 32.5 Å². The molecule has 7 nitrogen and oxygen atoms in total. The van der Waals surface area contributed by atoms with Crippen LogP contribution in [0.2, 0.25) is 0 Å². The molecular weight excluding hydrogens is 332 g/mol. The quantitative estimate of drug-likeness (QED) is 0.735. The monoisotopic (exact) mass is 347 g/mol. The van der Waals surface area contributed by atoms with Gasteiger partial charge in [-0.2, -0.15) is 5.10 Å². The molecule has 0 saturated carbocycles. The van der Waals surface area contributed by atoms with Crippen molar-refractivity contribution in [3.63, 3.8) is 0 Å². The Morgan fingerprint density at radius 2 is 2.20 bits per heavy atom. The smallest absolute Gasteiger partial charge is 0.278 e. The fourth-order valence-electron chi connectivity index (χ4n) is 2.68. The zero-order valence-electron chi connectivity index (χ0n) is 13.1. The largest absolute Gasteiger partial charge is 0.376 e. The summed E-state index contributed by atoms with van der Waals surface area (Å²) in [7, 11) is 0. The summed E-state index contributed by atoms with van der Waals surface area (Å²) in [6, 6.07) is 3.60. The number of fused-ring (bicyclic) bond motifs is 1. The number of aromatic nitrogens is 4. The number of halogens is 2. The number of hydrogen-bond acceptors (Lipinski definition) is 5. The van der Waals surface area contributed by atoms with Gasteiger partial charge < -0.3 is 10.1 Å². The minimum atomic E-state index is -0.921. The molecule has 0 radical (unpaired) electrons. The summed E-state index contributed by atoms with van der Waals surface area (Å²) in [6.07, 6.45) is 2.54. The Hall–Kier alpha value is -2.81. The van der Waals surface area contributed by atoms with E-state index >= 15 is 0 Å². The van der Waals surface area contributed by atoms with Gasteiger partial charge in [0.15, 0.2) is 17.2 Å². The lowest BCUT2D eigenvalue weighted by molar-refractivity contribution is -0.0602. The van der Waals surface area contributed by atoms with E-state index in [4.69, 9.17) is 4.74 Å². The molecule has 1 aliphatic rings. The summed E-state index contributed by atoms with van der Waals surface area (Å²) in [5.74, 6) is -1.59. The topological polar surface area (TPSA) is 84.8 Å². The van der Waals surface area contributed by atoms with E-state index in [1.165, 1.54) is 12.3 Å². The second-order valence-electron chi connectivity index (χ2n) is 5.86. The van der Waals surface area contributed by atoms with Gasteiger partial charge in [0, 0.05) is 13.2 Å². The summed E-state index contributed by atoms with van der Waals surface area (Å²) in [6.45, 7) is 1.43. The van der Waals surface area contributed by atoms with E-state index < -0.39 is 11.6 Å². The van der Waals surface area contributed by atoms with E-state index in [0.29, 0.717) is 23.1 Å². The summed E-state index contributed by atoms with van der Waals surface area (Å²) in [4.78, 5) is 19.3. The Kier molecular flexibility index (Phi) is 3.92. The van der Waals surface area contributed by atoms with Gasteiger partial charge in [0.2, 0.25) is 5.95 Å². The van der Waals surface area contributed by atoms with Gasteiger partial charge in [0.1, 0.15) is 5.52 Å². The van der Waals surface area contributed by atoms with E-state index in [9.17, 15) is 13.6 Å². The second-order valence-corrected chi connectivity index (χ2v) is 5.86. The van der Waals surface area contributed by atoms with Crippen LogP contribution in [0.5, 0.6) is 0 Å². The second kappa shape index (κ2) is 6.25. The van der Waals surface area contributed by atoms with Crippen LogP contribution < -0.4 is 10.9 Å². The van der Waals surface area contributed by atoms with Crippen molar-refractivity contribution < 1.29 is 13.5 Å². The highest BCUT2D eigenvalue weighted by Gasteiger charge is 2.21. The van der Waals surface area contributed by atoms with Crippen LogP contribution >= 0.6 is 0 Å². The zero-order chi connectivity index (χ0) is 17.4. The van der Waals surface area contributed by atoms with Crippen molar-refractivity contribution in [2.75, 3.05) is 11.9 Å². The molecule has 4 rings (SSSR count). The third-order valence-electron chi connectivity index (χ3n) is 4.11. The molecule has 1 saturated heterocycles. The van der Waals surface area contributed by atoms with Gasteiger partial charge >= 0.3 is 0 Å². The van der Waals surface area contributed by atoms with E-state index in [1.54, 1.807) is 4.68 Å². The number of aromatic amines is 1. The molecule has 9 heteroatoms. The van der Waals surface area contributed by atoms with Crippen LogP contribution in [0.15, 0.2) is 29.2 Å². The lowest BCUT2D eigenvalue weighted by Crippen LogP contribution is -2.32. The van der Waals surface area contributed by atoms with Crippen molar-refractivity contribution in [3.8, 4) is 0 Å². The van der Waals surface area contributed by atoms with E-state index in [2.05, 4.69) is 20.4 Å². The minimum absolute atomic E-state index is 0.0775. The number of benzene rings is 1. The molecule has 1 fully saturated rings. The van der Waals surface area contributed by atoms with Crippen LogP contribution in [0.4, 0.5) is 14.7 Å². The standard InChI is InChI=1S/C16H15F2N5O2/c17-11-2-1-9(5-12(11)18)6-19-16-21-13-7-20-23(8-10-3-4-25-10)14(13)15(24)22-16/h1-2,5,7,10H,3-4,6,8H2,(H2,19,21,22,24). The van der Waals surface area contributed by atoms with E-state index in [1.807, 2.05) is 0 Å². The molecule has 1 unspecified atom stereocenters. The molecule has 2 N–H and O–H groups in total. The molecule has 0 bridgehead atoms. The van der Waals surface area contributed by atoms with Crippen molar-refractivity contribution in [1.29, 1.82) is 0 Å². The predicted octanol–water partition coefficient (Wildman–Crippen LogP) is 1.80. The molecule has 3 aromatic rings. The van der Waals surface area contributed by atoms with Gasteiger partial charge in [-0.25, -0.2) is 13.8 Å². The third-order valence-corrected chi connectivity index (χ3v) is 4.11. The number of anilines is 1. The maximum Gasteiger partial charge on any atom is 0.278 e. The maximum atomic E-state index is 13.2. The number of rotatable bonds is 5. The van der Waals surface area contributed by atoms with Gasteiger partial charge in [-0.05, 0) is 24.1 Å². The number of H-pyrrole nitrogens is 1. The molecule has 25 heavy (non-hydrogen) atoms. The van der Waals surface area contributed by atoms with Crippen LogP contribution in [0, 0.1) is 11.6 Å². The highest BCUT2D eigenvalue weighted by molar-refractivity contribution is 5.74. The SMILES string of the molecule is O=c1[nH]c(NCc2ccc(F)c(F)c2)nc2cnn(CC3CCO3)c12. The Bertz CT molecular complexity index is 980. The summed E-state index contributed by atoms with van der Waals surface area (Å²) in [5.41, 5.74) is 1.04. The van der Waals surface area contributed by atoms with Crippen molar-refractivity contribution in [3.05, 3.63) is 51.9 Å². The summed E-state index contributed by atoms with van der Waals surface area (Å²) >= 11 is 0. The highest BCUT2D eigenvalue weighted by Crippen LogP contribution is 2.16.